The SMILES string of the molecule is C[C@@H]1C[C@H](c2ccccc2F)N(C(=O)NCCC(=O)N(C)C)C1. The highest BCUT2D eigenvalue weighted by Gasteiger charge is 2.35. The minimum atomic E-state index is -0.285. The zero-order valence-corrected chi connectivity index (χ0v) is 13.9. The molecule has 0 spiro atoms. The van der Waals surface area contributed by atoms with Crippen LogP contribution in [0.15, 0.2) is 24.3 Å². The van der Waals surface area contributed by atoms with Crippen LogP contribution in [0, 0.1) is 11.7 Å². The Labute approximate surface area is 136 Å². The van der Waals surface area contributed by atoms with Gasteiger partial charge in [0.05, 0.1) is 6.04 Å². The number of carbonyl (C=O) groups is 2. The van der Waals surface area contributed by atoms with Crippen molar-refractivity contribution in [1.82, 2.24) is 15.1 Å². The van der Waals surface area contributed by atoms with E-state index in [4.69, 9.17) is 0 Å². The van der Waals surface area contributed by atoms with E-state index in [1.165, 1.54) is 11.0 Å². The van der Waals surface area contributed by atoms with Crippen molar-refractivity contribution >= 4 is 11.9 Å². The molecule has 0 unspecified atom stereocenters. The van der Waals surface area contributed by atoms with Gasteiger partial charge in [0.25, 0.3) is 0 Å². The van der Waals surface area contributed by atoms with Crippen LogP contribution in [0.3, 0.4) is 0 Å². The minimum absolute atomic E-state index is 0.0363. The molecular formula is C17H24FN3O2. The molecule has 1 heterocycles. The highest BCUT2D eigenvalue weighted by molar-refractivity contribution is 5.78. The highest BCUT2D eigenvalue weighted by atomic mass is 19.1. The Morgan fingerprint density at radius 3 is 2.70 bits per heavy atom. The average molecular weight is 321 g/mol. The molecule has 23 heavy (non-hydrogen) atoms. The lowest BCUT2D eigenvalue weighted by atomic mass is 10.0. The summed E-state index contributed by atoms with van der Waals surface area (Å²) in [6.45, 7) is 2.92. The first kappa shape index (κ1) is 17.2. The smallest absolute Gasteiger partial charge is 0.317 e. The van der Waals surface area contributed by atoms with Gasteiger partial charge in [0, 0.05) is 39.2 Å². The van der Waals surface area contributed by atoms with Crippen LogP contribution in [0.1, 0.15) is 31.4 Å². The fourth-order valence-corrected chi connectivity index (χ4v) is 2.91. The topological polar surface area (TPSA) is 52.7 Å². The number of amides is 3. The number of benzene rings is 1. The van der Waals surface area contributed by atoms with Crippen molar-refractivity contribution in [2.75, 3.05) is 27.2 Å². The van der Waals surface area contributed by atoms with E-state index in [1.807, 2.05) is 0 Å². The summed E-state index contributed by atoms with van der Waals surface area (Å²) in [5.74, 6) is -0.00769. The monoisotopic (exact) mass is 321 g/mol. The second kappa shape index (κ2) is 7.44. The van der Waals surface area contributed by atoms with Crippen molar-refractivity contribution in [1.29, 1.82) is 0 Å². The molecule has 1 aliphatic heterocycles. The zero-order chi connectivity index (χ0) is 17.0. The van der Waals surface area contributed by atoms with Crippen LogP contribution in [-0.4, -0.2) is 48.9 Å². The maximum Gasteiger partial charge on any atom is 0.317 e. The van der Waals surface area contributed by atoms with Gasteiger partial charge >= 0.3 is 6.03 Å². The van der Waals surface area contributed by atoms with Gasteiger partial charge in [-0.25, -0.2) is 9.18 Å². The summed E-state index contributed by atoms with van der Waals surface area (Å²) in [4.78, 5) is 27.1. The molecular weight excluding hydrogens is 297 g/mol. The molecule has 2 rings (SSSR count). The molecule has 5 nitrogen and oxygen atoms in total. The molecule has 0 bridgehead atoms. The van der Waals surface area contributed by atoms with Crippen molar-refractivity contribution in [3.05, 3.63) is 35.6 Å². The summed E-state index contributed by atoms with van der Waals surface area (Å²) in [5.41, 5.74) is 0.552. The highest BCUT2D eigenvalue weighted by Crippen LogP contribution is 2.36. The van der Waals surface area contributed by atoms with Gasteiger partial charge in [-0.2, -0.15) is 0 Å². The standard InChI is InChI=1S/C17H24FN3O2/c1-12-10-15(13-6-4-5-7-14(13)18)21(11-12)17(23)19-9-8-16(22)20(2)3/h4-7,12,15H,8-11H2,1-3H3,(H,19,23)/t12-,15-/m1/s1. The third-order valence-electron chi connectivity index (χ3n) is 4.15. The molecule has 0 radical (unpaired) electrons. The number of rotatable bonds is 4. The summed E-state index contributed by atoms with van der Waals surface area (Å²) < 4.78 is 14.0. The van der Waals surface area contributed by atoms with E-state index in [0.29, 0.717) is 18.0 Å². The number of hydrogen-bond acceptors (Lipinski definition) is 2. The van der Waals surface area contributed by atoms with Gasteiger partial charge in [-0.1, -0.05) is 25.1 Å². The second-order valence-electron chi connectivity index (χ2n) is 6.30. The van der Waals surface area contributed by atoms with E-state index in [0.717, 1.165) is 6.42 Å². The third-order valence-corrected chi connectivity index (χ3v) is 4.15. The molecule has 2 atom stereocenters. The van der Waals surface area contributed by atoms with Crippen LogP contribution in [0.25, 0.3) is 0 Å². The first-order chi connectivity index (χ1) is 10.9. The Bertz CT molecular complexity index is 577. The van der Waals surface area contributed by atoms with Crippen molar-refractivity contribution in [2.24, 2.45) is 5.92 Å². The predicted octanol–water partition coefficient (Wildman–Crippen LogP) is 2.40. The van der Waals surface area contributed by atoms with Gasteiger partial charge in [0.15, 0.2) is 0 Å². The fourth-order valence-electron chi connectivity index (χ4n) is 2.91. The summed E-state index contributed by atoms with van der Waals surface area (Å²) in [7, 11) is 3.36. The molecule has 0 aromatic heterocycles. The van der Waals surface area contributed by atoms with E-state index < -0.39 is 0 Å². The van der Waals surface area contributed by atoms with Gasteiger partial charge in [-0.15, -0.1) is 0 Å². The number of hydrogen-bond donors (Lipinski definition) is 1. The molecule has 1 aromatic rings. The van der Waals surface area contributed by atoms with Gasteiger partial charge in [-0.05, 0) is 18.4 Å². The minimum Gasteiger partial charge on any atom is -0.349 e. The Morgan fingerprint density at radius 2 is 2.04 bits per heavy atom. The summed E-state index contributed by atoms with van der Waals surface area (Å²) >= 11 is 0. The Hall–Kier alpha value is -2.11. The van der Waals surface area contributed by atoms with Crippen molar-refractivity contribution in [3.63, 3.8) is 0 Å². The molecule has 1 N–H and O–H groups in total. The van der Waals surface area contributed by atoms with Crippen molar-refractivity contribution in [2.45, 2.75) is 25.8 Å². The van der Waals surface area contributed by atoms with Crippen molar-refractivity contribution < 1.29 is 14.0 Å². The number of carbonyl (C=O) groups excluding carboxylic acids is 2. The Morgan fingerprint density at radius 1 is 1.35 bits per heavy atom. The van der Waals surface area contributed by atoms with E-state index in [1.54, 1.807) is 37.2 Å². The number of nitrogens with zero attached hydrogens (tertiary/aromatic N) is 2. The normalized spacial score (nSPS) is 20.4. The summed E-state index contributed by atoms with van der Waals surface area (Å²) in [5, 5.41) is 2.77. The molecule has 1 aliphatic rings. The Kier molecular flexibility index (Phi) is 5.58. The van der Waals surface area contributed by atoms with E-state index >= 15 is 0 Å². The maximum atomic E-state index is 14.0. The number of halogens is 1. The predicted molar refractivity (Wildman–Crippen MR) is 86.3 cm³/mol. The third kappa shape index (κ3) is 4.21. The van der Waals surface area contributed by atoms with Crippen LogP contribution in [-0.2, 0) is 4.79 Å². The van der Waals surface area contributed by atoms with Crippen LogP contribution in [0.5, 0.6) is 0 Å². The quantitative estimate of drug-likeness (QED) is 0.926. The molecule has 3 amide bonds. The Balaban J connectivity index is 2.00. The van der Waals surface area contributed by atoms with Gasteiger partial charge in [-0.3, -0.25) is 4.79 Å². The zero-order valence-electron chi connectivity index (χ0n) is 13.9. The van der Waals surface area contributed by atoms with Crippen molar-refractivity contribution in [3.8, 4) is 0 Å². The average Bonchev–Trinajstić information content (AvgIpc) is 2.89. The lowest BCUT2D eigenvalue weighted by Crippen LogP contribution is -2.41. The summed E-state index contributed by atoms with van der Waals surface area (Å²) in [6.07, 6.45) is 0.997. The fraction of sp³-hybridized carbons (Fsp3) is 0.529. The number of nitrogens with one attached hydrogen (secondary N) is 1. The van der Waals surface area contributed by atoms with E-state index in [9.17, 15) is 14.0 Å². The maximum absolute atomic E-state index is 14.0. The second-order valence-corrected chi connectivity index (χ2v) is 6.30. The number of likely N-dealkylation sites (tertiary alicyclic amines) is 1. The molecule has 1 aromatic carbocycles. The molecule has 126 valence electrons. The molecule has 0 aliphatic carbocycles. The molecule has 1 saturated heterocycles. The lowest BCUT2D eigenvalue weighted by Gasteiger charge is -2.25. The van der Waals surface area contributed by atoms with Crippen LogP contribution in [0.4, 0.5) is 9.18 Å². The first-order valence-electron chi connectivity index (χ1n) is 7.89. The van der Waals surface area contributed by atoms with Crippen LogP contribution < -0.4 is 5.32 Å². The van der Waals surface area contributed by atoms with E-state index in [-0.39, 0.29) is 36.8 Å². The van der Waals surface area contributed by atoms with Gasteiger partial charge < -0.3 is 15.1 Å². The summed E-state index contributed by atoms with van der Waals surface area (Å²) in [6, 6.07) is 6.09. The molecule has 1 fully saturated rings. The van der Waals surface area contributed by atoms with E-state index in [2.05, 4.69) is 12.2 Å². The van der Waals surface area contributed by atoms with Gasteiger partial charge in [0.2, 0.25) is 5.91 Å². The molecule has 6 heteroatoms. The number of urea groups is 1. The van der Waals surface area contributed by atoms with Crippen LogP contribution in [0.2, 0.25) is 0 Å². The lowest BCUT2D eigenvalue weighted by molar-refractivity contribution is -0.128. The van der Waals surface area contributed by atoms with Crippen LogP contribution >= 0.6 is 0 Å². The first-order valence-corrected chi connectivity index (χ1v) is 7.89. The largest absolute Gasteiger partial charge is 0.349 e. The van der Waals surface area contributed by atoms with Gasteiger partial charge in [0.1, 0.15) is 5.82 Å². The molecule has 0 saturated carbocycles.